The standard InChI is InChI=1S/C13H18/c1-13(2)10-6-5-8-11-7-3-4-9-12(11)13/h3-4,7,9H,5-6,8,10H2,1-2H3. The Morgan fingerprint density at radius 2 is 1.85 bits per heavy atom. The van der Waals surface area contributed by atoms with Crippen LogP contribution in [0.4, 0.5) is 0 Å². The predicted octanol–water partition coefficient (Wildman–Crippen LogP) is 3.69. The summed E-state index contributed by atoms with van der Waals surface area (Å²) < 4.78 is 0. The van der Waals surface area contributed by atoms with Crippen molar-refractivity contribution >= 4 is 0 Å². The Balaban J connectivity index is 2.48. The Morgan fingerprint density at radius 1 is 1.08 bits per heavy atom. The van der Waals surface area contributed by atoms with Gasteiger partial charge in [0.25, 0.3) is 0 Å². The molecule has 70 valence electrons. The highest BCUT2D eigenvalue weighted by atomic mass is 14.3. The smallest absolute Gasteiger partial charge is 0.0101 e. The summed E-state index contributed by atoms with van der Waals surface area (Å²) in [6.07, 6.45) is 5.35. The summed E-state index contributed by atoms with van der Waals surface area (Å²) in [4.78, 5) is 0. The van der Waals surface area contributed by atoms with Crippen molar-refractivity contribution in [2.24, 2.45) is 0 Å². The Morgan fingerprint density at radius 3 is 2.69 bits per heavy atom. The van der Waals surface area contributed by atoms with Crippen LogP contribution in [0.3, 0.4) is 0 Å². The highest BCUT2D eigenvalue weighted by molar-refractivity contribution is 5.34. The van der Waals surface area contributed by atoms with Gasteiger partial charge in [-0.3, -0.25) is 0 Å². The monoisotopic (exact) mass is 174 g/mol. The minimum Gasteiger partial charge on any atom is -0.0620 e. The fourth-order valence-electron chi connectivity index (χ4n) is 2.42. The summed E-state index contributed by atoms with van der Waals surface area (Å²) >= 11 is 0. The lowest BCUT2D eigenvalue weighted by Gasteiger charge is -2.25. The van der Waals surface area contributed by atoms with Crippen LogP contribution in [-0.2, 0) is 11.8 Å². The van der Waals surface area contributed by atoms with Crippen molar-refractivity contribution in [2.75, 3.05) is 0 Å². The summed E-state index contributed by atoms with van der Waals surface area (Å²) in [5, 5.41) is 0. The minimum atomic E-state index is 0.396. The van der Waals surface area contributed by atoms with Crippen molar-refractivity contribution in [1.82, 2.24) is 0 Å². The zero-order valence-corrected chi connectivity index (χ0v) is 8.64. The van der Waals surface area contributed by atoms with E-state index in [1.807, 2.05) is 0 Å². The number of aryl methyl sites for hydroxylation is 1. The van der Waals surface area contributed by atoms with Gasteiger partial charge in [-0.05, 0) is 35.8 Å². The number of hydrogen-bond donors (Lipinski definition) is 0. The molecule has 0 saturated heterocycles. The van der Waals surface area contributed by atoms with E-state index < -0.39 is 0 Å². The third kappa shape index (κ3) is 1.63. The lowest BCUT2D eigenvalue weighted by atomic mass is 9.80. The molecule has 13 heavy (non-hydrogen) atoms. The van der Waals surface area contributed by atoms with Gasteiger partial charge >= 0.3 is 0 Å². The van der Waals surface area contributed by atoms with Gasteiger partial charge in [0.15, 0.2) is 0 Å². The van der Waals surface area contributed by atoms with Gasteiger partial charge in [0.05, 0.1) is 0 Å². The Bertz CT molecular complexity index is 297. The first kappa shape index (κ1) is 8.80. The molecule has 0 unspecified atom stereocenters. The summed E-state index contributed by atoms with van der Waals surface area (Å²) in [5.74, 6) is 0. The van der Waals surface area contributed by atoms with Crippen molar-refractivity contribution in [3.8, 4) is 0 Å². The van der Waals surface area contributed by atoms with Crippen LogP contribution in [0.5, 0.6) is 0 Å². The van der Waals surface area contributed by atoms with Gasteiger partial charge < -0.3 is 0 Å². The highest BCUT2D eigenvalue weighted by Gasteiger charge is 2.24. The maximum Gasteiger partial charge on any atom is -0.0101 e. The first-order valence-electron chi connectivity index (χ1n) is 5.28. The van der Waals surface area contributed by atoms with Crippen LogP contribution in [-0.4, -0.2) is 0 Å². The topological polar surface area (TPSA) is 0 Å². The minimum absolute atomic E-state index is 0.396. The molecule has 0 radical (unpaired) electrons. The molecule has 0 atom stereocenters. The molecule has 0 aromatic heterocycles. The fraction of sp³-hybridized carbons (Fsp3) is 0.538. The number of rotatable bonds is 0. The summed E-state index contributed by atoms with van der Waals surface area (Å²) in [6, 6.07) is 8.94. The molecule has 1 aromatic rings. The molecule has 1 aromatic carbocycles. The molecule has 1 aliphatic carbocycles. The number of benzene rings is 1. The fourth-order valence-corrected chi connectivity index (χ4v) is 2.42. The molecule has 0 heterocycles. The second-order valence-corrected chi connectivity index (χ2v) is 4.75. The van der Waals surface area contributed by atoms with Gasteiger partial charge in [0.1, 0.15) is 0 Å². The van der Waals surface area contributed by atoms with Crippen molar-refractivity contribution in [3.05, 3.63) is 35.4 Å². The lowest BCUT2D eigenvalue weighted by Crippen LogP contribution is -2.16. The molecule has 0 aliphatic heterocycles. The summed E-state index contributed by atoms with van der Waals surface area (Å²) in [5.41, 5.74) is 3.55. The van der Waals surface area contributed by atoms with E-state index in [0.29, 0.717) is 5.41 Å². The number of fused-ring (bicyclic) bond motifs is 1. The normalized spacial score (nSPS) is 20.5. The molecule has 0 spiro atoms. The zero-order chi connectivity index (χ0) is 9.31. The third-order valence-electron chi connectivity index (χ3n) is 3.24. The van der Waals surface area contributed by atoms with E-state index in [1.165, 1.54) is 25.7 Å². The first-order valence-corrected chi connectivity index (χ1v) is 5.28. The van der Waals surface area contributed by atoms with Crippen LogP contribution in [0.2, 0.25) is 0 Å². The Kier molecular flexibility index (Phi) is 2.15. The first-order chi connectivity index (χ1) is 6.20. The van der Waals surface area contributed by atoms with Crippen LogP contribution in [0, 0.1) is 0 Å². The van der Waals surface area contributed by atoms with E-state index in [0.717, 1.165) is 0 Å². The highest BCUT2D eigenvalue weighted by Crippen LogP contribution is 2.35. The second kappa shape index (κ2) is 3.17. The van der Waals surface area contributed by atoms with E-state index in [4.69, 9.17) is 0 Å². The zero-order valence-electron chi connectivity index (χ0n) is 8.64. The predicted molar refractivity (Wildman–Crippen MR) is 57.0 cm³/mol. The van der Waals surface area contributed by atoms with Gasteiger partial charge in [-0.25, -0.2) is 0 Å². The van der Waals surface area contributed by atoms with Crippen LogP contribution in [0.1, 0.15) is 44.2 Å². The van der Waals surface area contributed by atoms with Gasteiger partial charge in [-0.15, -0.1) is 0 Å². The van der Waals surface area contributed by atoms with Crippen molar-refractivity contribution in [3.63, 3.8) is 0 Å². The number of hydrogen-bond acceptors (Lipinski definition) is 0. The van der Waals surface area contributed by atoms with E-state index in [2.05, 4.69) is 38.1 Å². The average molecular weight is 174 g/mol. The largest absolute Gasteiger partial charge is 0.0620 e. The van der Waals surface area contributed by atoms with E-state index in [1.54, 1.807) is 11.1 Å². The van der Waals surface area contributed by atoms with E-state index in [-0.39, 0.29) is 0 Å². The summed E-state index contributed by atoms with van der Waals surface area (Å²) in [7, 11) is 0. The van der Waals surface area contributed by atoms with Crippen molar-refractivity contribution in [1.29, 1.82) is 0 Å². The molecule has 0 bridgehead atoms. The van der Waals surface area contributed by atoms with Gasteiger partial charge in [0.2, 0.25) is 0 Å². The lowest BCUT2D eigenvalue weighted by molar-refractivity contribution is 0.468. The Labute approximate surface area is 81.0 Å². The second-order valence-electron chi connectivity index (χ2n) is 4.75. The van der Waals surface area contributed by atoms with Crippen LogP contribution in [0.15, 0.2) is 24.3 Å². The van der Waals surface area contributed by atoms with Gasteiger partial charge in [-0.1, -0.05) is 44.5 Å². The quantitative estimate of drug-likeness (QED) is 0.526. The maximum absolute atomic E-state index is 2.37. The molecular formula is C13H18. The maximum atomic E-state index is 2.37. The van der Waals surface area contributed by atoms with Crippen molar-refractivity contribution in [2.45, 2.75) is 44.9 Å². The molecule has 0 amide bonds. The van der Waals surface area contributed by atoms with E-state index in [9.17, 15) is 0 Å². The van der Waals surface area contributed by atoms with Crippen LogP contribution < -0.4 is 0 Å². The molecule has 0 N–H and O–H groups in total. The summed E-state index contributed by atoms with van der Waals surface area (Å²) in [6.45, 7) is 4.74. The molecule has 0 fully saturated rings. The van der Waals surface area contributed by atoms with Crippen LogP contribution in [0.25, 0.3) is 0 Å². The van der Waals surface area contributed by atoms with E-state index >= 15 is 0 Å². The Hall–Kier alpha value is -0.780. The molecule has 0 heteroatoms. The molecule has 0 nitrogen and oxygen atoms in total. The molecular weight excluding hydrogens is 156 g/mol. The van der Waals surface area contributed by atoms with Crippen molar-refractivity contribution < 1.29 is 0 Å². The molecule has 2 rings (SSSR count). The third-order valence-corrected chi connectivity index (χ3v) is 3.24. The van der Waals surface area contributed by atoms with Gasteiger partial charge in [0, 0.05) is 0 Å². The average Bonchev–Trinajstić information content (AvgIpc) is 2.26. The SMILES string of the molecule is CC1(C)CCCCc2ccccc21. The van der Waals surface area contributed by atoms with Gasteiger partial charge in [-0.2, -0.15) is 0 Å². The van der Waals surface area contributed by atoms with Crippen LogP contribution >= 0.6 is 0 Å². The molecule has 0 saturated carbocycles. The molecule has 1 aliphatic rings.